The molecule has 168 valence electrons. The molecule has 11 heteroatoms. The van der Waals surface area contributed by atoms with E-state index in [9.17, 15) is 18.0 Å². The molecule has 0 bridgehead atoms. The topological polar surface area (TPSA) is 86.8 Å². The van der Waals surface area contributed by atoms with E-state index in [-0.39, 0.29) is 17.3 Å². The first kappa shape index (κ1) is 25.3. The molecule has 1 atom stereocenters. The number of likely N-dealkylation sites (N-methyl/N-ethyl adjacent to an activating group) is 1. The molecule has 31 heavy (non-hydrogen) atoms. The van der Waals surface area contributed by atoms with E-state index in [0.29, 0.717) is 15.6 Å². The summed E-state index contributed by atoms with van der Waals surface area (Å²) in [6.07, 6.45) is 0.964. The standard InChI is InChI=1S/C20H22Cl3N3O4S/c1-13(20(28)24-2)25(11-14-6-4-5-7-16(14)22)19(27)12-26(31(3,29)30)18-9-8-15(21)10-17(18)23/h4-10,13H,11-12H2,1-3H3,(H,24,28)/t13-/m1/s1. The first-order valence-corrected chi connectivity index (χ1v) is 12.1. The Morgan fingerprint density at radius 3 is 2.26 bits per heavy atom. The van der Waals surface area contributed by atoms with Gasteiger partial charge in [0, 0.05) is 23.6 Å². The molecule has 0 saturated carbocycles. The molecule has 0 spiro atoms. The number of rotatable bonds is 8. The lowest BCUT2D eigenvalue weighted by Gasteiger charge is -2.31. The predicted octanol–water partition coefficient (Wildman–Crippen LogP) is 3.58. The van der Waals surface area contributed by atoms with Crippen LogP contribution in [0.5, 0.6) is 0 Å². The van der Waals surface area contributed by atoms with Crippen molar-refractivity contribution in [1.29, 1.82) is 0 Å². The Morgan fingerprint density at radius 1 is 1.06 bits per heavy atom. The number of amides is 2. The van der Waals surface area contributed by atoms with Crippen molar-refractivity contribution >= 4 is 62.3 Å². The molecule has 2 aromatic carbocycles. The minimum absolute atomic E-state index is 0.0129. The Kier molecular flexibility index (Phi) is 8.59. The fourth-order valence-electron chi connectivity index (χ4n) is 2.88. The van der Waals surface area contributed by atoms with Gasteiger partial charge in [0.15, 0.2) is 0 Å². The van der Waals surface area contributed by atoms with Gasteiger partial charge < -0.3 is 10.2 Å². The highest BCUT2D eigenvalue weighted by Crippen LogP contribution is 2.30. The van der Waals surface area contributed by atoms with Crippen LogP contribution in [-0.2, 0) is 26.2 Å². The summed E-state index contributed by atoms with van der Waals surface area (Å²) in [7, 11) is -2.43. The fraction of sp³-hybridized carbons (Fsp3) is 0.300. The number of sulfonamides is 1. The zero-order valence-electron chi connectivity index (χ0n) is 17.1. The smallest absolute Gasteiger partial charge is 0.244 e. The first-order chi connectivity index (χ1) is 14.5. The molecule has 0 aliphatic heterocycles. The Morgan fingerprint density at radius 2 is 1.71 bits per heavy atom. The molecule has 2 aromatic rings. The lowest BCUT2D eigenvalue weighted by Crippen LogP contribution is -2.50. The van der Waals surface area contributed by atoms with Crippen molar-refractivity contribution in [3.63, 3.8) is 0 Å². The van der Waals surface area contributed by atoms with E-state index in [2.05, 4.69) is 5.32 Å². The third-order valence-electron chi connectivity index (χ3n) is 4.57. The predicted molar refractivity (Wildman–Crippen MR) is 124 cm³/mol. The number of benzene rings is 2. The van der Waals surface area contributed by atoms with Crippen LogP contribution in [0.25, 0.3) is 0 Å². The lowest BCUT2D eigenvalue weighted by molar-refractivity contribution is -0.139. The van der Waals surface area contributed by atoms with Crippen LogP contribution in [-0.4, -0.2) is 51.0 Å². The van der Waals surface area contributed by atoms with Gasteiger partial charge in [0.1, 0.15) is 12.6 Å². The molecule has 0 saturated heterocycles. The Bertz CT molecular complexity index is 1080. The van der Waals surface area contributed by atoms with Crippen LogP contribution >= 0.6 is 34.8 Å². The zero-order valence-corrected chi connectivity index (χ0v) is 20.2. The van der Waals surface area contributed by atoms with Crippen molar-refractivity contribution in [2.45, 2.75) is 19.5 Å². The molecular weight excluding hydrogens is 485 g/mol. The monoisotopic (exact) mass is 505 g/mol. The van der Waals surface area contributed by atoms with Gasteiger partial charge in [-0.1, -0.05) is 53.0 Å². The molecule has 0 radical (unpaired) electrons. The fourth-order valence-corrected chi connectivity index (χ4v) is 4.50. The summed E-state index contributed by atoms with van der Waals surface area (Å²) in [6, 6.07) is 10.3. The highest BCUT2D eigenvalue weighted by atomic mass is 35.5. The van der Waals surface area contributed by atoms with Crippen LogP contribution in [0.3, 0.4) is 0 Å². The minimum atomic E-state index is -3.88. The van der Waals surface area contributed by atoms with Gasteiger partial charge in [0.05, 0.1) is 17.0 Å². The minimum Gasteiger partial charge on any atom is -0.357 e. The average Bonchev–Trinajstić information content (AvgIpc) is 2.70. The van der Waals surface area contributed by atoms with Crippen molar-refractivity contribution in [2.75, 3.05) is 24.2 Å². The van der Waals surface area contributed by atoms with Crippen LogP contribution < -0.4 is 9.62 Å². The molecule has 0 aliphatic carbocycles. The van der Waals surface area contributed by atoms with E-state index in [0.717, 1.165) is 10.6 Å². The lowest BCUT2D eigenvalue weighted by atomic mass is 10.1. The number of anilines is 1. The van der Waals surface area contributed by atoms with E-state index < -0.39 is 34.4 Å². The zero-order chi connectivity index (χ0) is 23.3. The Labute approximate surface area is 196 Å². The van der Waals surface area contributed by atoms with E-state index in [1.54, 1.807) is 31.2 Å². The normalized spacial score (nSPS) is 12.2. The molecule has 0 fully saturated rings. The second-order valence-corrected chi connectivity index (χ2v) is 9.93. The molecule has 2 rings (SSSR count). The van der Waals surface area contributed by atoms with Gasteiger partial charge in [-0.05, 0) is 36.8 Å². The molecule has 0 aromatic heterocycles. The SMILES string of the molecule is CNC(=O)[C@@H](C)N(Cc1ccccc1Cl)C(=O)CN(c1ccc(Cl)cc1Cl)S(C)(=O)=O. The highest BCUT2D eigenvalue weighted by molar-refractivity contribution is 7.92. The van der Waals surface area contributed by atoms with Gasteiger partial charge in [0.2, 0.25) is 21.8 Å². The summed E-state index contributed by atoms with van der Waals surface area (Å²) >= 11 is 18.3. The first-order valence-electron chi connectivity index (χ1n) is 9.13. The number of hydrogen-bond acceptors (Lipinski definition) is 4. The summed E-state index contributed by atoms with van der Waals surface area (Å²) in [5, 5.41) is 3.31. The third kappa shape index (κ3) is 6.49. The van der Waals surface area contributed by atoms with E-state index in [1.165, 1.54) is 30.1 Å². The van der Waals surface area contributed by atoms with E-state index in [4.69, 9.17) is 34.8 Å². The van der Waals surface area contributed by atoms with Crippen molar-refractivity contribution in [1.82, 2.24) is 10.2 Å². The second-order valence-electron chi connectivity index (χ2n) is 6.77. The second kappa shape index (κ2) is 10.5. The van der Waals surface area contributed by atoms with Crippen molar-refractivity contribution in [2.24, 2.45) is 0 Å². The van der Waals surface area contributed by atoms with Crippen molar-refractivity contribution in [3.8, 4) is 0 Å². The number of hydrogen-bond donors (Lipinski definition) is 1. The van der Waals surface area contributed by atoms with Crippen molar-refractivity contribution < 1.29 is 18.0 Å². The summed E-state index contributed by atoms with van der Waals surface area (Å²) < 4.78 is 25.8. The van der Waals surface area contributed by atoms with Gasteiger partial charge in [-0.2, -0.15) is 0 Å². The third-order valence-corrected chi connectivity index (χ3v) is 6.60. The van der Waals surface area contributed by atoms with Gasteiger partial charge in [-0.25, -0.2) is 8.42 Å². The molecule has 0 unspecified atom stereocenters. The number of nitrogens with zero attached hydrogens (tertiary/aromatic N) is 2. The van der Waals surface area contributed by atoms with Gasteiger partial charge >= 0.3 is 0 Å². The summed E-state index contributed by atoms with van der Waals surface area (Å²) in [6.45, 7) is 0.999. The Hall–Kier alpha value is -2.00. The number of carbonyl (C=O) groups is 2. The van der Waals surface area contributed by atoms with Gasteiger partial charge in [-0.15, -0.1) is 0 Å². The van der Waals surface area contributed by atoms with E-state index in [1.807, 2.05) is 0 Å². The number of nitrogens with one attached hydrogen (secondary N) is 1. The molecular formula is C20H22Cl3N3O4S. The maximum Gasteiger partial charge on any atom is 0.244 e. The largest absolute Gasteiger partial charge is 0.357 e. The average molecular weight is 507 g/mol. The summed E-state index contributed by atoms with van der Waals surface area (Å²) in [4.78, 5) is 26.8. The molecule has 2 amide bonds. The molecule has 7 nitrogen and oxygen atoms in total. The highest BCUT2D eigenvalue weighted by Gasteiger charge is 2.30. The number of halogens is 3. The Balaban J connectivity index is 2.43. The van der Waals surface area contributed by atoms with Crippen molar-refractivity contribution in [3.05, 3.63) is 63.1 Å². The van der Waals surface area contributed by atoms with Crippen LogP contribution in [0.2, 0.25) is 15.1 Å². The van der Waals surface area contributed by atoms with Crippen LogP contribution in [0.1, 0.15) is 12.5 Å². The summed E-state index contributed by atoms with van der Waals surface area (Å²) in [5.41, 5.74) is 0.718. The van der Waals surface area contributed by atoms with E-state index >= 15 is 0 Å². The maximum atomic E-state index is 13.3. The van der Waals surface area contributed by atoms with Gasteiger partial charge in [0.25, 0.3) is 0 Å². The summed E-state index contributed by atoms with van der Waals surface area (Å²) in [5.74, 6) is -1.01. The molecule has 0 aliphatic rings. The maximum absolute atomic E-state index is 13.3. The van der Waals surface area contributed by atoms with Gasteiger partial charge in [-0.3, -0.25) is 13.9 Å². The molecule has 1 N–H and O–H groups in total. The van der Waals surface area contributed by atoms with Crippen LogP contribution in [0.15, 0.2) is 42.5 Å². The van der Waals surface area contributed by atoms with Crippen LogP contribution in [0.4, 0.5) is 5.69 Å². The molecule has 0 heterocycles. The quantitative estimate of drug-likeness (QED) is 0.593. The number of carbonyl (C=O) groups excluding carboxylic acids is 2. The van der Waals surface area contributed by atoms with Crippen LogP contribution in [0, 0.1) is 0 Å².